The van der Waals surface area contributed by atoms with Gasteiger partial charge in [0.25, 0.3) is 5.56 Å². The van der Waals surface area contributed by atoms with Crippen LogP contribution in [0.2, 0.25) is 0 Å². The van der Waals surface area contributed by atoms with Crippen LogP contribution in [0.4, 0.5) is 0 Å². The number of hydrogen-bond donors (Lipinski definition) is 1. The minimum absolute atomic E-state index is 0.101. The molecule has 1 aromatic heterocycles. The van der Waals surface area contributed by atoms with E-state index in [9.17, 15) is 9.59 Å². The van der Waals surface area contributed by atoms with Gasteiger partial charge in [-0.1, -0.05) is 42.1 Å². The van der Waals surface area contributed by atoms with E-state index in [0.717, 1.165) is 11.8 Å². The van der Waals surface area contributed by atoms with Crippen LogP contribution in [0.1, 0.15) is 16.1 Å². The van der Waals surface area contributed by atoms with Crippen LogP contribution in [0.3, 0.4) is 0 Å². The second-order valence-corrected chi connectivity index (χ2v) is 4.59. The summed E-state index contributed by atoms with van der Waals surface area (Å²) in [5, 5.41) is 9.43. The lowest BCUT2D eigenvalue weighted by Crippen LogP contribution is -2.13. The summed E-state index contributed by atoms with van der Waals surface area (Å²) in [4.78, 5) is 25.6. The van der Waals surface area contributed by atoms with E-state index in [0.29, 0.717) is 16.4 Å². The highest BCUT2D eigenvalue weighted by Crippen LogP contribution is 2.12. The maximum atomic E-state index is 11.7. The van der Waals surface area contributed by atoms with E-state index in [1.54, 1.807) is 36.6 Å². The Labute approximate surface area is 113 Å². The van der Waals surface area contributed by atoms with E-state index in [1.165, 1.54) is 6.08 Å². The number of rotatable bonds is 4. The molecule has 0 bridgehead atoms. The van der Waals surface area contributed by atoms with E-state index in [2.05, 4.69) is 15.2 Å². The standard InChI is InChI=1S/C13H11N3O2S/c1-9-12(18)14-13(16-15-9)19-8-7-11(17)10-5-3-2-4-6-10/h2-8H,1H3,(H,14,16,18). The summed E-state index contributed by atoms with van der Waals surface area (Å²) in [7, 11) is 0. The second-order valence-electron chi connectivity index (χ2n) is 3.70. The fraction of sp³-hybridized carbons (Fsp3) is 0.0769. The number of benzene rings is 1. The first-order valence-corrected chi connectivity index (χ1v) is 6.41. The highest BCUT2D eigenvalue weighted by Gasteiger charge is 2.01. The fourth-order valence-corrected chi connectivity index (χ4v) is 1.85. The van der Waals surface area contributed by atoms with Crippen molar-refractivity contribution in [1.29, 1.82) is 0 Å². The molecule has 0 aliphatic heterocycles. The number of carbonyl (C=O) groups is 1. The molecule has 1 N–H and O–H groups in total. The maximum absolute atomic E-state index is 11.7. The van der Waals surface area contributed by atoms with E-state index in [4.69, 9.17) is 0 Å². The molecule has 0 radical (unpaired) electrons. The summed E-state index contributed by atoms with van der Waals surface area (Å²) in [5.41, 5.74) is 0.650. The number of aryl methyl sites for hydroxylation is 1. The molecule has 0 aliphatic carbocycles. The number of hydrogen-bond acceptors (Lipinski definition) is 5. The Kier molecular flexibility index (Phi) is 4.25. The van der Waals surface area contributed by atoms with Crippen molar-refractivity contribution in [1.82, 2.24) is 15.2 Å². The molecular weight excluding hydrogens is 262 g/mol. The number of nitrogens with one attached hydrogen (secondary N) is 1. The molecule has 0 unspecified atom stereocenters. The van der Waals surface area contributed by atoms with Crippen LogP contribution < -0.4 is 5.56 Å². The van der Waals surface area contributed by atoms with Crippen LogP contribution in [-0.2, 0) is 0 Å². The third-order valence-corrected chi connectivity index (χ3v) is 2.98. The molecule has 0 amide bonds. The first-order valence-electron chi connectivity index (χ1n) is 5.53. The smallest absolute Gasteiger partial charge is 0.273 e. The first-order chi connectivity index (χ1) is 9.16. The topological polar surface area (TPSA) is 75.7 Å². The Balaban J connectivity index is 2.02. The van der Waals surface area contributed by atoms with Gasteiger partial charge in [0, 0.05) is 5.56 Å². The average molecular weight is 273 g/mol. The summed E-state index contributed by atoms with van der Waals surface area (Å²) in [6, 6.07) is 8.94. The lowest BCUT2D eigenvalue weighted by atomic mass is 10.1. The molecule has 2 rings (SSSR count). The lowest BCUT2D eigenvalue weighted by molar-refractivity contribution is 0.104. The Morgan fingerprint density at radius 2 is 2.00 bits per heavy atom. The Hall–Kier alpha value is -2.21. The summed E-state index contributed by atoms with van der Waals surface area (Å²) in [6.07, 6.45) is 1.43. The van der Waals surface area contributed by atoms with Crippen molar-refractivity contribution in [3.63, 3.8) is 0 Å². The number of ketones is 1. The minimum Gasteiger partial charge on any atom is -0.298 e. The van der Waals surface area contributed by atoms with Crippen molar-refractivity contribution in [3.8, 4) is 0 Å². The normalized spacial score (nSPS) is 10.8. The molecule has 1 heterocycles. The molecule has 6 heteroatoms. The van der Waals surface area contributed by atoms with E-state index in [-0.39, 0.29) is 11.3 Å². The lowest BCUT2D eigenvalue weighted by Gasteiger charge is -1.95. The van der Waals surface area contributed by atoms with Crippen molar-refractivity contribution >= 4 is 17.5 Å². The maximum Gasteiger partial charge on any atom is 0.273 e. The number of allylic oxidation sites excluding steroid dienone is 1. The molecule has 0 atom stereocenters. The van der Waals surface area contributed by atoms with Gasteiger partial charge < -0.3 is 0 Å². The molecule has 2 aromatic rings. The molecule has 0 fully saturated rings. The molecule has 5 nitrogen and oxygen atoms in total. The highest BCUT2D eigenvalue weighted by molar-refractivity contribution is 8.02. The van der Waals surface area contributed by atoms with Crippen molar-refractivity contribution in [3.05, 3.63) is 63.4 Å². The van der Waals surface area contributed by atoms with Gasteiger partial charge in [-0.25, -0.2) is 0 Å². The van der Waals surface area contributed by atoms with Crippen LogP contribution in [0.25, 0.3) is 0 Å². The van der Waals surface area contributed by atoms with Crippen molar-refractivity contribution in [2.75, 3.05) is 0 Å². The Morgan fingerprint density at radius 3 is 2.68 bits per heavy atom. The SMILES string of the molecule is Cc1nnc(SC=CC(=O)c2ccccc2)[nH]c1=O. The second kappa shape index (κ2) is 6.10. The third kappa shape index (κ3) is 3.62. The zero-order chi connectivity index (χ0) is 13.7. The van der Waals surface area contributed by atoms with Crippen LogP contribution in [0, 0.1) is 6.92 Å². The molecule has 0 spiro atoms. The van der Waals surface area contributed by atoms with Gasteiger partial charge in [0.15, 0.2) is 10.9 Å². The Bertz CT molecular complexity index is 665. The average Bonchev–Trinajstić information content (AvgIpc) is 2.43. The van der Waals surface area contributed by atoms with Crippen LogP contribution in [-0.4, -0.2) is 21.0 Å². The number of thioether (sulfide) groups is 1. The third-order valence-electron chi connectivity index (χ3n) is 2.30. The zero-order valence-electron chi connectivity index (χ0n) is 10.2. The van der Waals surface area contributed by atoms with Gasteiger partial charge in [0.1, 0.15) is 5.69 Å². The zero-order valence-corrected chi connectivity index (χ0v) is 11.0. The number of carbonyl (C=O) groups excluding carboxylic acids is 1. The highest BCUT2D eigenvalue weighted by atomic mass is 32.2. The number of aromatic amines is 1. The first kappa shape index (κ1) is 13.2. The number of aromatic nitrogens is 3. The number of nitrogens with zero attached hydrogens (tertiary/aromatic N) is 2. The summed E-state index contributed by atoms with van der Waals surface area (Å²) in [5.74, 6) is -0.101. The van der Waals surface area contributed by atoms with Gasteiger partial charge in [-0.2, -0.15) is 0 Å². The van der Waals surface area contributed by atoms with E-state index < -0.39 is 0 Å². The monoisotopic (exact) mass is 273 g/mol. The van der Waals surface area contributed by atoms with E-state index >= 15 is 0 Å². The van der Waals surface area contributed by atoms with Crippen LogP contribution in [0.5, 0.6) is 0 Å². The van der Waals surface area contributed by atoms with Crippen molar-refractivity contribution < 1.29 is 4.79 Å². The molecule has 0 aliphatic rings. The molecular formula is C13H11N3O2S. The molecule has 19 heavy (non-hydrogen) atoms. The van der Waals surface area contributed by atoms with Gasteiger partial charge in [-0.05, 0) is 18.4 Å². The molecule has 96 valence electrons. The minimum atomic E-state index is -0.278. The van der Waals surface area contributed by atoms with Crippen LogP contribution >= 0.6 is 11.8 Å². The van der Waals surface area contributed by atoms with Crippen molar-refractivity contribution in [2.24, 2.45) is 0 Å². The van der Waals surface area contributed by atoms with Gasteiger partial charge in [0.2, 0.25) is 0 Å². The van der Waals surface area contributed by atoms with Crippen molar-refractivity contribution in [2.45, 2.75) is 12.1 Å². The Morgan fingerprint density at radius 1 is 1.26 bits per heavy atom. The van der Waals surface area contributed by atoms with Gasteiger partial charge in [0.05, 0.1) is 0 Å². The predicted molar refractivity (Wildman–Crippen MR) is 73.2 cm³/mol. The predicted octanol–water partition coefficient (Wildman–Crippen LogP) is 1.96. The fourth-order valence-electron chi connectivity index (χ4n) is 1.29. The quantitative estimate of drug-likeness (QED) is 0.523. The van der Waals surface area contributed by atoms with Gasteiger partial charge in [-0.15, -0.1) is 10.2 Å². The summed E-state index contributed by atoms with van der Waals surface area (Å²) in [6.45, 7) is 1.58. The number of H-pyrrole nitrogens is 1. The van der Waals surface area contributed by atoms with Gasteiger partial charge in [-0.3, -0.25) is 14.6 Å². The largest absolute Gasteiger partial charge is 0.298 e. The molecule has 1 aromatic carbocycles. The summed E-state index contributed by atoms with van der Waals surface area (Å²) >= 11 is 1.14. The van der Waals surface area contributed by atoms with E-state index in [1.807, 2.05) is 6.07 Å². The van der Waals surface area contributed by atoms with Gasteiger partial charge >= 0.3 is 0 Å². The molecule has 0 saturated heterocycles. The molecule has 0 saturated carbocycles. The summed E-state index contributed by atoms with van der Waals surface area (Å²) < 4.78 is 0. The van der Waals surface area contributed by atoms with Crippen LogP contribution in [0.15, 0.2) is 51.8 Å².